The average Bonchev–Trinajstić information content (AvgIpc) is 3.26. The molecule has 0 unspecified atom stereocenters. The minimum Gasteiger partial charge on any atom is -0.441 e. The number of hydrogen-bond donors (Lipinski definition) is 0. The molecule has 3 heterocycles. The molecule has 2 saturated heterocycles. The maximum Gasteiger partial charge on any atom is 0.416 e. The van der Waals surface area contributed by atoms with Crippen molar-refractivity contribution < 1.29 is 14.3 Å². The first-order chi connectivity index (χ1) is 13.3. The molecule has 6 nitrogen and oxygen atoms in total. The number of ether oxygens (including phenoxy) is 1. The van der Waals surface area contributed by atoms with Gasteiger partial charge in [0, 0.05) is 18.2 Å². The molecule has 1 atom stereocenters. The number of pyridine rings is 1. The predicted octanol–water partition coefficient (Wildman–Crippen LogP) is 4.45. The molecule has 1 aromatic rings. The minimum atomic E-state index is -0.398. The minimum absolute atomic E-state index is 0.0516. The number of hydrogen-bond acceptors (Lipinski definition) is 4. The SMILES string of the molecule is CC(C)(C)C(=O)N1CCC[C@H]1c1ccnc(N2CC3(CCCCC3)OC2=O)c1. The van der Waals surface area contributed by atoms with E-state index < -0.39 is 5.41 Å². The molecule has 0 N–H and O–H groups in total. The maximum atomic E-state index is 12.9. The van der Waals surface area contributed by atoms with Crippen LogP contribution in [0.15, 0.2) is 18.3 Å². The molecule has 6 heteroatoms. The second kappa shape index (κ2) is 7.05. The molecule has 4 rings (SSSR count). The Morgan fingerprint density at radius 3 is 2.68 bits per heavy atom. The Hall–Kier alpha value is -2.11. The number of amides is 2. The molecule has 1 aromatic heterocycles. The Labute approximate surface area is 167 Å². The van der Waals surface area contributed by atoms with Gasteiger partial charge in [0.05, 0.1) is 12.6 Å². The summed E-state index contributed by atoms with van der Waals surface area (Å²) in [5.74, 6) is 0.815. The highest BCUT2D eigenvalue weighted by Crippen LogP contribution is 2.40. The first-order valence-corrected chi connectivity index (χ1v) is 10.6. The summed E-state index contributed by atoms with van der Waals surface area (Å²) in [7, 11) is 0. The van der Waals surface area contributed by atoms with Gasteiger partial charge in [-0.05, 0) is 56.2 Å². The summed E-state index contributed by atoms with van der Waals surface area (Å²) in [6, 6.07) is 4.00. The fraction of sp³-hybridized carbons (Fsp3) is 0.682. The lowest BCUT2D eigenvalue weighted by atomic mass is 9.85. The van der Waals surface area contributed by atoms with Gasteiger partial charge >= 0.3 is 6.09 Å². The third-order valence-corrected chi connectivity index (χ3v) is 6.32. The zero-order valence-corrected chi connectivity index (χ0v) is 17.2. The predicted molar refractivity (Wildman–Crippen MR) is 107 cm³/mol. The van der Waals surface area contributed by atoms with Crippen LogP contribution in [0.5, 0.6) is 0 Å². The Morgan fingerprint density at radius 2 is 1.96 bits per heavy atom. The molecule has 3 fully saturated rings. The summed E-state index contributed by atoms with van der Waals surface area (Å²) in [6.45, 7) is 7.26. The smallest absolute Gasteiger partial charge is 0.416 e. The van der Waals surface area contributed by atoms with Crippen LogP contribution >= 0.6 is 0 Å². The third kappa shape index (κ3) is 3.49. The molecule has 0 bridgehead atoms. The second-order valence-corrected chi connectivity index (χ2v) is 9.55. The van der Waals surface area contributed by atoms with Crippen molar-refractivity contribution >= 4 is 17.8 Å². The van der Waals surface area contributed by atoms with Crippen molar-refractivity contribution in [3.05, 3.63) is 23.9 Å². The lowest BCUT2D eigenvalue weighted by Gasteiger charge is -2.31. The molecule has 2 aliphatic heterocycles. The number of likely N-dealkylation sites (tertiary alicyclic amines) is 1. The largest absolute Gasteiger partial charge is 0.441 e. The van der Waals surface area contributed by atoms with Crippen LogP contribution in [0.1, 0.15) is 77.3 Å². The second-order valence-electron chi connectivity index (χ2n) is 9.55. The zero-order valence-electron chi connectivity index (χ0n) is 17.2. The number of carbonyl (C=O) groups excluding carboxylic acids is 2. The van der Waals surface area contributed by atoms with E-state index in [4.69, 9.17) is 4.74 Å². The van der Waals surface area contributed by atoms with Crippen molar-refractivity contribution in [2.45, 2.75) is 77.4 Å². The standard InChI is InChI=1S/C22H31N3O3/c1-21(2,3)19(26)24-13-7-8-17(24)16-9-12-23-18(14-16)25-15-22(28-20(25)27)10-5-4-6-11-22/h9,12,14,17H,4-8,10-11,13,15H2,1-3H3/t17-/m0/s1. The lowest BCUT2D eigenvalue weighted by molar-refractivity contribution is -0.140. The molecule has 3 aliphatic rings. The van der Waals surface area contributed by atoms with Crippen molar-refractivity contribution in [2.75, 3.05) is 18.0 Å². The van der Waals surface area contributed by atoms with E-state index in [2.05, 4.69) is 4.98 Å². The average molecular weight is 386 g/mol. The molecular formula is C22H31N3O3. The Balaban J connectivity index is 1.56. The number of aromatic nitrogens is 1. The molecule has 0 aromatic carbocycles. The van der Waals surface area contributed by atoms with Crippen LogP contribution < -0.4 is 4.90 Å². The fourth-order valence-electron chi connectivity index (χ4n) is 4.83. The van der Waals surface area contributed by atoms with Crippen molar-refractivity contribution in [1.29, 1.82) is 0 Å². The van der Waals surface area contributed by atoms with Gasteiger partial charge in [-0.25, -0.2) is 9.78 Å². The Bertz CT molecular complexity index is 765. The third-order valence-electron chi connectivity index (χ3n) is 6.32. The van der Waals surface area contributed by atoms with Gasteiger partial charge in [-0.2, -0.15) is 0 Å². The van der Waals surface area contributed by atoms with Crippen LogP contribution in [0.4, 0.5) is 10.6 Å². The van der Waals surface area contributed by atoms with Crippen molar-refractivity contribution in [3.63, 3.8) is 0 Å². The number of anilines is 1. The van der Waals surface area contributed by atoms with E-state index >= 15 is 0 Å². The van der Waals surface area contributed by atoms with Crippen LogP contribution in [0.2, 0.25) is 0 Å². The molecule has 0 radical (unpaired) electrons. The quantitative estimate of drug-likeness (QED) is 0.754. The highest BCUT2D eigenvalue weighted by molar-refractivity contribution is 5.89. The monoisotopic (exact) mass is 385 g/mol. The van der Waals surface area contributed by atoms with Crippen molar-refractivity contribution in [3.8, 4) is 0 Å². The summed E-state index contributed by atoms with van der Waals surface area (Å²) in [6.07, 6.45) is 8.71. The summed E-state index contributed by atoms with van der Waals surface area (Å²) in [5, 5.41) is 0. The highest BCUT2D eigenvalue weighted by Gasteiger charge is 2.46. The van der Waals surface area contributed by atoms with E-state index in [1.165, 1.54) is 6.42 Å². The van der Waals surface area contributed by atoms with Crippen LogP contribution in [-0.4, -0.2) is 40.6 Å². The van der Waals surface area contributed by atoms with Crippen LogP contribution in [0.3, 0.4) is 0 Å². The van der Waals surface area contributed by atoms with E-state index in [1.807, 2.05) is 37.8 Å². The number of rotatable bonds is 2. The zero-order chi connectivity index (χ0) is 19.9. The molecule has 1 saturated carbocycles. The number of nitrogens with zero attached hydrogens (tertiary/aromatic N) is 3. The van der Waals surface area contributed by atoms with Gasteiger partial charge in [0.25, 0.3) is 0 Å². The highest BCUT2D eigenvalue weighted by atomic mass is 16.6. The number of carbonyl (C=O) groups is 2. The first-order valence-electron chi connectivity index (χ1n) is 10.6. The van der Waals surface area contributed by atoms with Gasteiger partial charge in [-0.3, -0.25) is 9.69 Å². The molecule has 28 heavy (non-hydrogen) atoms. The van der Waals surface area contributed by atoms with Gasteiger partial charge in [0.15, 0.2) is 0 Å². The molecule has 1 aliphatic carbocycles. The first kappa shape index (κ1) is 19.2. The maximum absolute atomic E-state index is 12.9. The topological polar surface area (TPSA) is 62.7 Å². The molecule has 152 valence electrons. The summed E-state index contributed by atoms with van der Waals surface area (Å²) in [4.78, 5) is 33.6. The summed E-state index contributed by atoms with van der Waals surface area (Å²) in [5.41, 5.74) is 0.316. The van der Waals surface area contributed by atoms with Gasteiger partial charge in [-0.15, -0.1) is 0 Å². The normalized spacial score (nSPS) is 24.7. The van der Waals surface area contributed by atoms with E-state index in [0.717, 1.165) is 50.6 Å². The van der Waals surface area contributed by atoms with Crippen LogP contribution in [0, 0.1) is 5.41 Å². The van der Waals surface area contributed by atoms with E-state index in [-0.39, 0.29) is 23.6 Å². The van der Waals surface area contributed by atoms with Crippen molar-refractivity contribution in [2.24, 2.45) is 5.41 Å². The molecule has 2 amide bonds. The summed E-state index contributed by atoms with van der Waals surface area (Å²) >= 11 is 0. The Kier molecular flexibility index (Phi) is 4.84. The Morgan fingerprint density at radius 1 is 1.21 bits per heavy atom. The van der Waals surface area contributed by atoms with E-state index in [9.17, 15) is 9.59 Å². The van der Waals surface area contributed by atoms with Gasteiger partial charge in [0.1, 0.15) is 11.4 Å². The van der Waals surface area contributed by atoms with Gasteiger partial charge in [0.2, 0.25) is 5.91 Å². The van der Waals surface area contributed by atoms with Gasteiger partial charge in [-0.1, -0.05) is 27.2 Å². The van der Waals surface area contributed by atoms with Crippen LogP contribution in [-0.2, 0) is 9.53 Å². The van der Waals surface area contributed by atoms with E-state index in [1.54, 1.807) is 11.1 Å². The van der Waals surface area contributed by atoms with Crippen molar-refractivity contribution in [1.82, 2.24) is 9.88 Å². The fourth-order valence-corrected chi connectivity index (χ4v) is 4.83. The van der Waals surface area contributed by atoms with Crippen LogP contribution in [0.25, 0.3) is 0 Å². The summed E-state index contributed by atoms with van der Waals surface area (Å²) < 4.78 is 5.81. The van der Waals surface area contributed by atoms with E-state index in [0.29, 0.717) is 12.4 Å². The van der Waals surface area contributed by atoms with Gasteiger partial charge < -0.3 is 9.64 Å². The molecular weight excluding hydrogens is 354 g/mol. The molecule has 1 spiro atoms. The lowest BCUT2D eigenvalue weighted by Crippen LogP contribution is -2.39.